The third-order valence-electron chi connectivity index (χ3n) is 1.83. The van der Waals surface area contributed by atoms with Gasteiger partial charge in [-0.25, -0.2) is 0 Å². The maximum atomic E-state index is 8.37. The average molecular weight is 220 g/mol. The van der Waals surface area contributed by atoms with Crippen LogP contribution in [0, 0.1) is 11.3 Å². The molecule has 1 N–H and O–H groups in total. The van der Waals surface area contributed by atoms with Crippen LogP contribution in [-0.2, 0) is 6.54 Å². The number of hydrogen-bond acceptors (Lipinski definition) is 3. The van der Waals surface area contributed by atoms with Crippen LogP contribution in [0.4, 0.5) is 0 Å². The molecule has 0 amide bonds. The van der Waals surface area contributed by atoms with E-state index >= 15 is 0 Å². The van der Waals surface area contributed by atoms with Crippen LogP contribution in [0.25, 0.3) is 0 Å². The van der Waals surface area contributed by atoms with Gasteiger partial charge in [-0.2, -0.15) is 5.26 Å². The zero-order chi connectivity index (χ0) is 11.1. The van der Waals surface area contributed by atoms with Crippen LogP contribution in [0.1, 0.15) is 19.4 Å². The molecule has 0 aromatic heterocycles. The minimum atomic E-state index is 0.405. The number of nitrogens with zero attached hydrogens (tertiary/aromatic N) is 1. The van der Waals surface area contributed by atoms with Gasteiger partial charge in [0.2, 0.25) is 0 Å². The summed E-state index contributed by atoms with van der Waals surface area (Å²) >= 11 is 1.86. The lowest BCUT2D eigenvalue weighted by Crippen LogP contribution is -2.12. The highest BCUT2D eigenvalue weighted by atomic mass is 32.2. The lowest BCUT2D eigenvalue weighted by molar-refractivity contribution is 0.765. The monoisotopic (exact) mass is 220 g/mol. The quantitative estimate of drug-likeness (QED) is 0.471. The summed E-state index contributed by atoms with van der Waals surface area (Å²) in [5.41, 5.74) is 1.22. The Balaban J connectivity index is 2.46. The molecule has 80 valence electrons. The zero-order valence-electron chi connectivity index (χ0n) is 9.16. The standard InChI is InChI=1S/C12H16N2S/c1-10(2)15-12-5-3-11(4-6-12)9-14-8-7-13/h3-6,10,14H,8-9H2,1-2H3. The smallest absolute Gasteiger partial charge is 0.0843 e. The van der Waals surface area contributed by atoms with Gasteiger partial charge in [-0.05, 0) is 17.7 Å². The van der Waals surface area contributed by atoms with Crippen molar-refractivity contribution in [2.75, 3.05) is 6.54 Å². The maximum Gasteiger partial charge on any atom is 0.0843 e. The number of rotatable bonds is 5. The highest BCUT2D eigenvalue weighted by Crippen LogP contribution is 2.22. The molecule has 0 fully saturated rings. The van der Waals surface area contributed by atoms with Crippen molar-refractivity contribution in [1.29, 1.82) is 5.26 Å². The van der Waals surface area contributed by atoms with E-state index in [1.165, 1.54) is 10.5 Å². The molecule has 1 aromatic carbocycles. The van der Waals surface area contributed by atoms with E-state index < -0.39 is 0 Å². The molecule has 0 spiro atoms. The van der Waals surface area contributed by atoms with E-state index in [2.05, 4.69) is 49.5 Å². The van der Waals surface area contributed by atoms with Gasteiger partial charge < -0.3 is 5.32 Å². The summed E-state index contributed by atoms with van der Waals surface area (Å²) in [5.74, 6) is 0. The lowest BCUT2D eigenvalue weighted by atomic mass is 10.2. The summed E-state index contributed by atoms with van der Waals surface area (Å²) < 4.78 is 0. The number of thioether (sulfide) groups is 1. The van der Waals surface area contributed by atoms with Crippen LogP contribution in [0.5, 0.6) is 0 Å². The molecule has 0 aliphatic rings. The molecular formula is C12H16N2S. The Hall–Kier alpha value is -0.980. The average Bonchev–Trinajstić information content (AvgIpc) is 2.20. The number of benzene rings is 1. The second kappa shape index (κ2) is 6.49. The first-order valence-corrected chi connectivity index (χ1v) is 5.93. The van der Waals surface area contributed by atoms with Gasteiger partial charge in [0, 0.05) is 16.7 Å². The SMILES string of the molecule is CC(C)Sc1ccc(CNCC#N)cc1. The van der Waals surface area contributed by atoms with Gasteiger partial charge in [0.25, 0.3) is 0 Å². The Morgan fingerprint density at radius 3 is 2.53 bits per heavy atom. The van der Waals surface area contributed by atoms with Crippen LogP contribution in [-0.4, -0.2) is 11.8 Å². The van der Waals surface area contributed by atoms with Gasteiger partial charge in [-0.15, -0.1) is 11.8 Å². The fourth-order valence-electron chi connectivity index (χ4n) is 1.22. The molecule has 0 bridgehead atoms. The van der Waals surface area contributed by atoms with Gasteiger partial charge in [-0.1, -0.05) is 26.0 Å². The highest BCUT2D eigenvalue weighted by molar-refractivity contribution is 7.99. The minimum Gasteiger partial charge on any atom is -0.300 e. The highest BCUT2D eigenvalue weighted by Gasteiger charge is 1.98. The molecule has 3 heteroatoms. The van der Waals surface area contributed by atoms with Crippen LogP contribution in [0.3, 0.4) is 0 Å². The summed E-state index contributed by atoms with van der Waals surface area (Å²) in [6.07, 6.45) is 0. The van der Waals surface area contributed by atoms with Crippen molar-refractivity contribution in [2.24, 2.45) is 0 Å². The summed E-state index contributed by atoms with van der Waals surface area (Å²) in [4.78, 5) is 1.30. The van der Waals surface area contributed by atoms with E-state index in [-0.39, 0.29) is 0 Å². The van der Waals surface area contributed by atoms with Crippen LogP contribution < -0.4 is 5.32 Å². The molecule has 0 saturated heterocycles. The Kier molecular flexibility index (Phi) is 5.23. The van der Waals surface area contributed by atoms with E-state index in [1.54, 1.807) is 0 Å². The van der Waals surface area contributed by atoms with Gasteiger partial charge in [0.1, 0.15) is 0 Å². The first-order valence-electron chi connectivity index (χ1n) is 5.05. The van der Waals surface area contributed by atoms with Crippen LogP contribution >= 0.6 is 11.8 Å². The van der Waals surface area contributed by atoms with Crippen LogP contribution in [0.15, 0.2) is 29.2 Å². The molecule has 0 aliphatic heterocycles. The lowest BCUT2D eigenvalue weighted by Gasteiger charge is -2.06. The Morgan fingerprint density at radius 1 is 1.33 bits per heavy atom. The van der Waals surface area contributed by atoms with Crippen molar-refractivity contribution in [3.8, 4) is 6.07 Å². The second-order valence-corrected chi connectivity index (χ2v) is 5.22. The molecule has 0 saturated carbocycles. The summed E-state index contributed by atoms with van der Waals surface area (Å²) in [7, 11) is 0. The second-order valence-electron chi connectivity index (χ2n) is 3.57. The van der Waals surface area contributed by atoms with Crippen molar-refractivity contribution >= 4 is 11.8 Å². The van der Waals surface area contributed by atoms with Crippen molar-refractivity contribution in [3.05, 3.63) is 29.8 Å². The van der Waals surface area contributed by atoms with E-state index in [4.69, 9.17) is 5.26 Å². The van der Waals surface area contributed by atoms with Gasteiger partial charge in [-0.3, -0.25) is 0 Å². The molecule has 0 radical (unpaired) electrons. The van der Waals surface area contributed by atoms with Gasteiger partial charge in [0.05, 0.1) is 12.6 Å². The third kappa shape index (κ3) is 4.87. The van der Waals surface area contributed by atoms with Crippen molar-refractivity contribution in [3.63, 3.8) is 0 Å². The Labute approximate surface area is 95.7 Å². The molecule has 0 heterocycles. The van der Waals surface area contributed by atoms with E-state index in [1.807, 2.05) is 11.8 Å². The van der Waals surface area contributed by atoms with E-state index in [0.29, 0.717) is 11.8 Å². The van der Waals surface area contributed by atoms with Crippen LogP contribution in [0.2, 0.25) is 0 Å². The largest absolute Gasteiger partial charge is 0.300 e. The van der Waals surface area contributed by atoms with Gasteiger partial charge >= 0.3 is 0 Å². The zero-order valence-corrected chi connectivity index (χ0v) is 9.97. The molecule has 2 nitrogen and oxygen atoms in total. The predicted molar refractivity (Wildman–Crippen MR) is 64.8 cm³/mol. The topological polar surface area (TPSA) is 35.8 Å². The molecule has 0 unspecified atom stereocenters. The summed E-state index contributed by atoms with van der Waals surface area (Å²) in [5, 5.41) is 12.0. The third-order valence-corrected chi connectivity index (χ3v) is 2.84. The van der Waals surface area contributed by atoms with E-state index in [9.17, 15) is 0 Å². The molecule has 15 heavy (non-hydrogen) atoms. The Bertz CT molecular complexity index is 324. The van der Waals surface area contributed by atoms with Crippen molar-refractivity contribution in [1.82, 2.24) is 5.32 Å². The number of nitriles is 1. The maximum absolute atomic E-state index is 8.37. The molecule has 0 atom stereocenters. The molecule has 0 aliphatic carbocycles. The van der Waals surface area contributed by atoms with Crippen molar-refractivity contribution in [2.45, 2.75) is 30.5 Å². The van der Waals surface area contributed by atoms with Crippen molar-refractivity contribution < 1.29 is 0 Å². The predicted octanol–water partition coefficient (Wildman–Crippen LogP) is 2.80. The number of nitrogens with one attached hydrogen (secondary N) is 1. The summed E-state index contributed by atoms with van der Waals surface area (Å²) in [6, 6.07) is 10.5. The van der Waals surface area contributed by atoms with Gasteiger partial charge in [0.15, 0.2) is 0 Å². The molecule has 1 rings (SSSR count). The normalized spacial score (nSPS) is 10.3. The molecular weight excluding hydrogens is 204 g/mol. The minimum absolute atomic E-state index is 0.405. The summed E-state index contributed by atoms with van der Waals surface area (Å²) in [6.45, 7) is 5.54. The fraction of sp³-hybridized carbons (Fsp3) is 0.417. The fourth-order valence-corrected chi connectivity index (χ4v) is 2.06. The van der Waals surface area contributed by atoms with E-state index in [0.717, 1.165) is 6.54 Å². The number of hydrogen-bond donors (Lipinski definition) is 1. The molecule has 1 aromatic rings. The first kappa shape index (κ1) is 12.1. The first-order chi connectivity index (χ1) is 7.22. The Morgan fingerprint density at radius 2 is 2.00 bits per heavy atom.